The standard InChI is InChI=1S/C16H19BrFNO/c1-5-19-16(13-8-12(17)6-7-14(13)18)15-9(2)10(3)20-11(15)4/h6-8,16,19H,5H2,1-4H3. The van der Waals surface area contributed by atoms with Crippen LogP contribution in [0.4, 0.5) is 4.39 Å². The summed E-state index contributed by atoms with van der Waals surface area (Å²) in [6.45, 7) is 8.64. The van der Waals surface area contributed by atoms with Crippen LogP contribution in [0.25, 0.3) is 0 Å². The minimum absolute atomic E-state index is 0.199. The lowest BCUT2D eigenvalue weighted by Crippen LogP contribution is -2.24. The average molecular weight is 340 g/mol. The second-order valence-corrected chi connectivity index (χ2v) is 5.83. The van der Waals surface area contributed by atoms with Crippen molar-refractivity contribution >= 4 is 15.9 Å². The highest BCUT2D eigenvalue weighted by Crippen LogP contribution is 2.33. The third kappa shape index (κ3) is 2.81. The maximum Gasteiger partial charge on any atom is 0.128 e. The number of benzene rings is 1. The summed E-state index contributed by atoms with van der Waals surface area (Å²) in [7, 11) is 0. The quantitative estimate of drug-likeness (QED) is 0.864. The van der Waals surface area contributed by atoms with Crippen molar-refractivity contribution in [3.8, 4) is 0 Å². The predicted octanol–water partition coefficient (Wildman–Crippen LogP) is 4.81. The molecule has 0 fully saturated rings. The van der Waals surface area contributed by atoms with Crippen LogP contribution in [-0.4, -0.2) is 6.54 Å². The fraction of sp³-hybridized carbons (Fsp3) is 0.375. The van der Waals surface area contributed by atoms with Gasteiger partial charge in [-0.15, -0.1) is 0 Å². The molecule has 0 spiro atoms. The van der Waals surface area contributed by atoms with Gasteiger partial charge in [-0.25, -0.2) is 4.39 Å². The number of furan rings is 1. The Morgan fingerprint density at radius 1 is 1.25 bits per heavy atom. The Morgan fingerprint density at radius 2 is 1.95 bits per heavy atom. The largest absolute Gasteiger partial charge is 0.466 e. The maximum atomic E-state index is 14.2. The minimum atomic E-state index is -0.211. The number of hydrogen-bond acceptors (Lipinski definition) is 2. The summed E-state index contributed by atoms with van der Waals surface area (Å²) in [6.07, 6.45) is 0. The molecule has 0 amide bonds. The van der Waals surface area contributed by atoms with Crippen molar-refractivity contribution < 1.29 is 8.81 Å². The normalized spacial score (nSPS) is 12.7. The molecule has 0 bridgehead atoms. The fourth-order valence-electron chi connectivity index (χ4n) is 2.54. The Balaban J connectivity index is 2.59. The van der Waals surface area contributed by atoms with Crippen LogP contribution in [0.5, 0.6) is 0 Å². The Morgan fingerprint density at radius 3 is 2.50 bits per heavy atom. The van der Waals surface area contributed by atoms with Crippen LogP contribution in [0.3, 0.4) is 0 Å². The van der Waals surface area contributed by atoms with E-state index in [0.29, 0.717) is 5.56 Å². The van der Waals surface area contributed by atoms with Gasteiger partial charge in [0.2, 0.25) is 0 Å². The second kappa shape index (κ2) is 6.10. The molecule has 1 aromatic carbocycles. The van der Waals surface area contributed by atoms with E-state index in [2.05, 4.69) is 21.2 Å². The zero-order valence-electron chi connectivity index (χ0n) is 12.2. The summed E-state index contributed by atoms with van der Waals surface area (Å²) in [5.41, 5.74) is 2.74. The molecule has 2 rings (SSSR count). The van der Waals surface area contributed by atoms with Crippen LogP contribution in [0.15, 0.2) is 27.1 Å². The van der Waals surface area contributed by atoms with Crippen molar-refractivity contribution in [3.63, 3.8) is 0 Å². The molecule has 0 saturated heterocycles. The van der Waals surface area contributed by atoms with E-state index in [-0.39, 0.29) is 11.9 Å². The van der Waals surface area contributed by atoms with Crippen LogP contribution in [0.2, 0.25) is 0 Å². The first-order valence-corrected chi connectivity index (χ1v) is 7.49. The van der Waals surface area contributed by atoms with E-state index in [1.807, 2.05) is 33.8 Å². The van der Waals surface area contributed by atoms with E-state index in [1.165, 1.54) is 6.07 Å². The molecule has 4 heteroatoms. The summed E-state index contributed by atoms with van der Waals surface area (Å²) >= 11 is 3.41. The third-order valence-corrected chi connectivity index (χ3v) is 4.08. The Hall–Kier alpha value is -1.13. The molecule has 1 heterocycles. The van der Waals surface area contributed by atoms with Crippen molar-refractivity contribution in [3.05, 3.63) is 56.7 Å². The molecule has 2 aromatic rings. The van der Waals surface area contributed by atoms with Gasteiger partial charge in [-0.3, -0.25) is 0 Å². The molecule has 2 nitrogen and oxygen atoms in total. The molecule has 0 aliphatic carbocycles. The fourth-order valence-corrected chi connectivity index (χ4v) is 2.92. The second-order valence-electron chi connectivity index (χ2n) is 4.91. The molecule has 1 aromatic heterocycles. The van der Waals surface area contributed by atoms with Crippen molar-refractivity contribution in [1.29, 1.82) is 0 Å². The van der Waals surface area contributed by atoms with Gasteiger partial charge in [-0.1, -0.05) is 22.9 Å². The maximum absolute atomic E-state index is 14.2. The van der Waals surface area contributed by atoms with Gasteiger partial charge >= 0.3 is 0 Å². The van der Waals surface area contributed by atoms with E-state index in [0.717, 1.165) is 33.7 Å². The minimum Gasteiger partial charge on any atom is -0.466 e. The first kappa shape index (κ1) is 15.3. The molecule has 108 valence electrons. The number of halogens is 2. The van der Waals surface area contributed by atoms with Crippen molar-refractivity contribution in [2.75, 3.05) is 6.54 Å². The zero-order chi connectivity index (χ0) is 14.9. The Labute approximate surface area is 127 Å². The molecule has 0 saturated carbocycles. The SMILES string of the molecule is CCNC(c1cc(Br)ccc1F)c1c(C)oc(C)c1C. The van der Waals surface area contributed by atoms with Gasteiger partial charge in [0.05, 0.1) is 6.04 Å². The molecule has 0 aliphatic rings. The van der Waals surface area contributed by atoms with Crippen molar-refractivity contribution in [2.45, 2.75) is 33.7 Å². The monoisotopic (exact) mass is 339 g/mol. The van der Waals surface area contributed by atoms with Gasteiger partial charge in [0.15, 0.2) is 0 Å². The van der Waals surface area contributed by atoms with Gasteiger partial charge in [0.1, 0.15) is 17.3 Å². The van der Waals surface area contributed by atoms with Crippen molar-refractivity contribution in [1.82, 2.24) is 5.32 Å². The van der Waals surface area contributed by atoms with Crippen LogP contribution in [0.1, 0.15) is 41.2 Å². The lowest BCUT2D eigenvalue weighted by molar-refractivity contribution is 0.491. The molecule has 1 unspecified atom stereocenters. The highest BCUT2D eigenvalue weighted by atomic mass is 79.9. The predicted molar refractivity (Wildman–Crippen MR) is 82.5 cm³/mol. The summed E-state index contributed by atoms with van der Waals surface area (Å²) in [4.78, 5) is 0. The molecular formula is C16H19BrFNO. The van der Waals surface area contributed by atoms with E-state index < -0.39 is 0 Å². The van der Waals surface area contributed by atoms with Crippen LogP contribution in [-0.2, 0) is 0 Å². The molecule has 20 heavy (non-hydrogen) atoms. The average Bonchev–Trinajstić information content (AvgIpc) is 2.64. The number of aryl methyl sites for hydroxylation is 2. The van der Waals surface area contributed by atoms with Gasteiger partial charge in [-0.05, 0) is 51.1 Å². The number of rotatable bonds is 4. The smallest absolute Gasteiger partial charge is 0.128 e. The summed E-state index contributed by atoms with van der Waals surface area (Å²) in [6, 6.07) is 4.82. The van der Waals surface area contributed by atoms with Gasteiger partial charge in [0.25, 0.3) is 0 Å². The van der Waals surface area contributed by atoms with Crippen LogP contribution in [0, 0.1) is 26.6 Å². The highest BCUT2D eigenvalue weighted by molar-refractivity contribution is 9.10. The topological polar surface area (TPSA) is 25.2 Å². The first-order chi connectivity index (χ1) is 9.45. The highest BCUT2D eigenvalue weighted by Gasteiger charge is 2.24. The van der Waals surface area contributed by atoms with E-state index in [1.54, 1.807) is 6.07 Å². The first-order valence-electron chi connectivity index (χ1n) is 6.70. The number of hydrogen-bond donors (Lipinski definition) is 1. The zero-order valence-corrected chi connectivity index (χ0v) is 13.8. The summed E-state index contributed by atoms with van der Waals surface area (Å²) in [5.74, 6) is 1.51. The Kier molecular flexibility index (Phi) is 4.66. The lowest BCUT2D eigenvalue weighted by atomic mass is 9.95. The Bertz CT molecular complexity index is 621. The van der Waals surface area contributed by atoms with E-state index >= 15 is 0 Å². The van der Waals surface area contributed by atoms with Crippen molar-refractivity contribution in [2.24, 2.45) is 0 Å². The van der Waals surface area contributed by atoms with Gasteiger partial charge in [-0.2, -0.15) is 0 Å². The lowest BCUT2D eigenvalue weighted by Gasteiger charge is -2.20. The van der Waals surface area contributed by atoms with Gasteiger partial charge < -0.3 is 9.73 Å². The van der Waals surface area contributed by atoms with E-state index in [4.69, 9.17) is 4.42 Å². The molecule has 1 N–H and O–H groups in total. The molecule has 0 aliphatic heterocycles. The summed E-state index contributed by atoms with van der Waals surface area (Å²) < 4.78 is 20.8. The van der Waals surface area contributed by atoms with E-state index in [9.17, 15) is 4.39 Å². The molecular weight excluding hydrogens is 321 g/mol. The summed E-state index contributed by atoms with van der Waals surface area (Å²) in [5, 5.41) is 3.36. The van der Waals surface area contributed by atoms with Gasteiger partial charge in [0, 0.05) is 15.6 Å². The molecule has 0 radical (unpaired) electrons. The van der Waals surface area contributed by atoms with Crippen LogP contribution < -0.4 is 5.32 Å². The van der Waals surface area contributed by atoms with Crippen LogP contribution >= 0.6 is 15.9 Å². The molecule has 1 atom stereocenters. The third-order valence-electron chi connectivity index (χ3n) is 3.58. The number of nitrogens with one attached hydrogen (secondary N) is 1.